The number of imidazole rings is 1. The van der Waals surface area contributed by atoms with E-state index in [1.54, 1.807) is 41.4 Å². The fraction of sp³-hybridized carbons (Fsp3) is 0. The average Bonchev–Trinajstić information content (AvgIpc) is 3.41. The lowest BCUT2D eigenvalue weighted by Crippen LogP contribution is -1.98. The minimum atomic E-state index is -0.292. The maximum Gasteiger partial charge on any atom is 0.240 e. The second kappa shape index (κ2) is 7.13. The summed E-state index contributed by atoms with van der Waals surface area (Å²) in [6.07, 6.45) is 3.33. The van der Waals surface area contributed by atoms with Crippen LogP contribution >= 0.6 is 0 Å². The fourth-order valence-electron chi connectivity index (χ4n) is 4.31. The molecule has 7 nitrogen and oxygen atoms in total. The maximum absolute atomic E-state index is 11.1. The number of nitrogens with one attached hydrogen (secondary N) is 1. The van der Waals surface area contributed by atoms with Crippen LogP contribution in [-0.2, 0) is 0 Å². The van der Waals surface area contributed by atoms with E-state index in [4.69, 9.17) is 0 Å². The van der Waals surface area contributed by atoms with Crippen molar-refractivity contribution in [3.05, 3.63) is 85.3 Å². The number of aromatic nitrogens is 4. The van der Waals surface area contributed by atoms with Gasteiger partial charge in [0.1, 0.15) is 5.75 Å². The van der Waals surface area contributed by atoms with E-state index in [0.717, 1.165) is 27.5 Å². The lowest BCUT2D eigenvalue weighted by Gasteiger charge is -2.14. The number of aromatic amines is 1. The molecule has 3 aromatic heterocycles. The van der Waals surface area contributed by atoms with E-state index in [1.807, 2.05) is 48.5 Å². The van der Waals surface area contributed by atoms with Crippen molar-refractivity contribution in [2.75, 3.05) is 0 Å². The van der Waals surface area contributed by atoms with Gasteiger partial charge in [-0.15, -0.1) is 0 Å². The van der Waals surface area contributed by atoms with Crippen LogP contribution in [0.15, 0.2) is 85.3 Å². The third-order valence-corrected chi connectivity index (χ3v) is 5.83. The summed E-state index contributed by atoms with van der Waals surface area (Å²) in [5.74, 6) is -0.437. The molecule has 0 aliphatic carbocycles. The van der Waals surface area contributed by atoms with Crippen LogP contribution < -0.4 is 0 Å². The number of nitrogens with zero attached hydrogens (tertiary/aromatic N) is 3. The molecule has 0 unspecified atom stereocenters. The van der Waals surface area contributed by atoms with Crippen LogP contribution in [0.1, 0.15) is 0 Å². The van der Waals surface area contributed by atoms with Gasteiger partial charge in [0.25, 0.3) is 0 Å². The fourth-order valence-corrected chi connectivity index (χ4v) is 4.31. The smallest absolute Gasteiger partial charge is 0.240 e. The zero-order valence-electron chi connectivity index (χ0n) is 17.3. The number of H-pyrrole nitrogens is 1. The highest BCUT2D eigenvalue weighted by Crippen LogP contribution is 2.49. The average molecular weight is 434 g/mol. The third-order valence-electron chi connectivity index (χ3n) is 5.83. The van der Waals surface area contributed by atoms with Gasteiger partial charge in [-0.25, -0.2) is 4.98 Å². The summed E-state index contributed by atoms with van der Waals surface area (Å²) in [6, 6.07) is 21.7. The number of hydrogen-bond acceptors (Lipinski definition) is 5. The summed E-state index contributed by atoms with van der Waals surface area (Å²) in [4.78, 5) is 11.9. The largest absolute Gasteiger partial charge is 0.508 e. The Bertz CT molecular complexity index is 1640. The minimum Gasteiger partial charge on any atom is -0.508 e. The Labute approximate surface area is 187 Å². The Morgan fingerprint density at radius 3 is 2.48 bits per heavy atom. The highest BCUT2D eigenvalue weighted by Gasteiger charge is 2.27. The molecule has 0 amide bonds. The Kier molecular flexibility index (Phi) is 4.10. The Balaban J connectivity index is 1.74. The minimum absolute atomic E-state index is 0.111. The van der Waals surface area contributed by atoms with Gasteiger partial charge in [-0.3, -0.25) is 9.55 Å². The van der Waals surface area contributed by atoms with Crippen LogP contribution in [-0.4, -0.2) is 34.8 Å². The van der Waals surface area contributed by atoms with E-state index < -0.39 is 0 Å². The van der Waals surface area contributed by atoms with Gasteiger partial charge in [0.2, 0.25) is 5.88 Å². The summed E-state index contributed by atoms with van der Waals surface area (Å²) >= 11 is 0. The van der Waals surface area contributed by atoms with Gasteiger partial charge < -0.3 is 20.3 Å². The molecule has 3 aromatic carbocycles. The molecule has 6 aromatic rings. The molecule has 0 aliphatic heterocycles. The molecule has 0 saturated heterocycles. The molecule has 160 valence electrons. The number of benzene rings is 3. The molecule has 0 bridgehead atoms. The van der Waals surface area contributed by atoms with Gasteiger partial charge in [-0.1, -0.05) is 36.4 Å². The lowest BCUT2D eigenvalue weighted by atomic mass is 9.98. The number of phenols is 1. The Morgan fingerprint density at radius 1 is 0.818 bits per heavy atom. The van der Waals surface area contributed by atoms with Crippen LogP contribution in [0, 0.1) is 0 Å². The van der Waals surface area contributed by atoms with Crippen LogP contribution in [0.25, 0.3) is 50.0 Å². The number of rotatable bonds is 3. The predicted octanol–water partition coefficient (Wildman–Crippen LogP) is 5.35. The first-order valence-electron chi connectivity index (χ1n) is 10.4. The summed E-state index contributed by atoms with van der Waals surface area (Å²) in [5, 5.41) is 33.0. The van der Waals surface area contributed by atoms with E-state index in [2.05, 4.69) is 15.0 Å². The van der Waals surface area contributed by atoms with E-state index in [0.29, 0.717) is 22.5 Å². The number of fused-ring (bicyclic) bond motifs is 2. The molecule has 0 fully saturated rings. The molecule has 0 saturated carbocycles. The van der Waals surface area contributed by atoms with Gasteiger partial charge in [0.15, 0.2) is 5.75 Å². The summed E-state index contributed by atoms with van der Waals surface area (Å²) < 4.78 is 1.61. The number of para-hydroxylation sites is 1. The van der Waals surface area contributed by atoms with Gasteiger partial charge in [0.05, 0.1) is 39.8 Å². The van der Waals surface area contributed by atoms with Crippen molar-refractivity contribution < 1.29 is 15.3 Å². The molecule has 0 aliphatic rings. The standard InChI is InChI=1S/C26H18N4O3/c31-18-9-6-15(7-10-18)22-24(19-5-1-3-16-4-2-12-27-23(16)19)30(26(33)25(22)32)17-8-11-20-21(13-17)29-14-28-20/h1-14,31-33H,(H,28,29). The van der Waals surface area contributed by atoms with Gasteiger partial charge in [-0.05, 0) is 42.0 Å². The number of phenolic OH excluding ortho intramolecular Hbond substituents is 1. The number of hydrogen-bond donors (Lipinski definition) is 4. The quantitative estimate of drug-likeness (QED) is 0.300. The first kappa shape index (κ1) is 18.9. The van der Waals surface area contributed by atoms with Gasteiger partial charge >= 0.3 is 0 Å². The first-order valence-corrected chi connectivity index (χ1v) is 10.4. The SMILES string of the molecule is Oc1ccc(-c2c(O)c(O)n(-c3ccc4nc[nH]c4c3)c2-c2cccc3cccnc23)cc1. The van der Waals surface area contributed by atoms with Crippen molar-refractivity contribution in [2.24, 2.45) is 0 Å². The Morgan fingerprint density at radius 2 is 1.64 bits per heavy atom. The van der Waals surface area contributed by atoms with Gasteiger partial charge in [0, 0.05) is 17.1 Å². The van der Waals surface area contributed by atoms with E-state index in [1.165, 1.54) is 0 Å². The van der Waals surface area contributed by atoms with Crippen molar-refractivity contribution in [1.29, 1.82) is 0 Å². The van der Waals surface area contributed by atoms with Crippen molar-refractivity contribution in [3.8, 4) is 45.5 Å². The zero-order chi connectivity index (χ0) is 22.5. The highest BCUT2D eigenvalue weighted by atomic mass is 16.3. The molecule has 6 rings (SSSR count). The van der Waals surface area contributed by atoms with Crippen LogP contribution in [0.4, 0.5) is 0 Å². The van der Waals surface area contributed by atoms with E-state index >= 15 is 0 Å². The monoisotopic (exact) mass is 434 g/mol. The molecular weight excluding hydrogens is 416 g/mol. The predicted molar refractivity (Wildman–Crippen MR) is 127 cm³/mol. The van der Waals surface area contributed by atoms with Gasteiger partial charge in [-0.2, -0.15) is 0 Å². The second-order valence-electron chi connectivity index (χ2n) is 7.76. The molecular formula is C26H18N4O3. The zero-order valence-corrected chi connectivity index (χ0v) is 17.3. The van der Waals surface area contributed by atoms with Crippen LogP contribution in [0.3, 0.4) is 0 Å². The highest BCUT2D eigenvalue weighted by molar-refractivity contribution is 6.00. The lowest BCUT2D eigenvalue weighted by molar-refractivity contribution is 0.388. The normalized spacial score (nSPS) is 11.4. The molecule has 0 atom stereocenters. The first-order chi connectivity index (χ1) is 16.1. The molecule has 0 spiro atoms. The van der Waals surface area contributed by atoms with E-state index in [9.17, 15) is 15.3 Å². The summed E-state index contributed by atoms with van der Waals surface area (Å²) in [6.45, 7) is 0. The Hall–Kier alpha value is -4.78. The number of pyridine rings is 1. The van der Waals surface area contributed by atoms with Crippen LogP contribution in [0.5, 0.6) is 17.4 Å². The second-order valence-corrected chi connectivity index (χ2v) is 7.76. The maximum atomic E-state index is 11.1. The van der Waals surface area contributed by atoms with Crippen molar-refractivity contribution in [3.63, 3.8) is 0 Å². The van der Waals surface area contributed by atoms with Crippen molar-refractivity contribution in [2.45, 2.75) is 0 Å². The summed E-state index contributed by atoms with van der Waals surface area (Å²) in [5.41, 5.74) is 5.39. The van der Waals surface area contributed by atoms with E-state index in [-0.39, 0.29) is 17.4 Å². The molecule has 4 N–H and O–H groups in total. The van der Waals surface area contributed by atoms with Crippen LogP contribution in [0.2, 0.25) is 0 Å². The van der Waals surface area contributed by atoms with Crippen molar-refractivity contribution >= 4 is 21.9 Å². The molecule has 3 heterocycles. The third kappa shape index (κ3) is 2.90. The summed E-state index contributed by atoms with van der Waals surface area (Å²) in [7, 11) is 0. The molecule has 33 heavy (non-hydrogen) atoms. The molecule has 7 heteroatoms. The topological polar surface area (TPSA) is 107 Å². The molecule has 0 radical (unpaired) electrons. The van der Waals surface area contributed by atoms with Crippen molar-refractivity contribution in [1.82, 2.24) is 19.5 Å². The number of aromatic hydroxyl groups is 3.